The number of ether oxygens (including phenoxy) is 1. The molecule has 0 fully saturated rings. The van der Waals surface area contributed by atoms with Gasteiger partial charge in [-0.25, -0.2) is 19.3 Å². The molecule has 0 bridgehead atoms. The van der Waals surface area contributed by atoms with E-state index < -0.39 is 24.5 Å². The number of hydrogen-bond donors (Lipinski definition) is 2. The number of esters is 1. The van der Waals surface area contributed by atoms with Gasteiger partial charge in [-0.3, -0.25) is 10.1 Å². The van der Waals surface area contributed by atoms with Gasteiger partial charge in [-0.05, 0) is 30.2 Å². The van der Waals surface area contributed by atoms with E-state index in [0.717, 1.165) is 0 Å². The number of amides is 3. The molecule has 3 heterocycles. The number of hydrogen-bond acceptors (Lipinski definition) is 7. The molecule has 0 unspecified atom stereocenters. The quantitative estimate of drug-likeness (QED) is 0.570. The van der Waals surface area contributed by atoms with Crippen LogP contribution in [0.2, 0.25) is 0 Å². The lowest BCUT2D eigenvalue weighted by atomic mass is 10.1. The molecule has 10 heteroatoms. The molecule has 0 saturated heterocycles. The zero-order chi connectivity index (χ0) is 21.5. The average molecular weight is 411 g/mol. The third-order valence-electron chi connectivity index (χ3n) is 4.03. The van der Waals surface area contributed by atoms with Gasteiger partial charge in [0, 0.05) is 6.20 Å². The summed E-state index contributed by atoms with van der Waals surface area (Å²) in [6.07, 6.45) is 4.47. The predicted molar refractivity (Wildman–Crippen MR) is 105 cm³/mol. The van der Waals surface area contributed by atoms with Gasteiger partial charge < -0.3 is 14.5 Å². The van der Waals surface area contributed by atoms with Crippen molar-refractivity contribution in [2.75, 3.05) is 6.61 Å². The van der Waals surface area contributed by atoms with Gasteiger partial charge >= 0.3 is 12.0 Å². The second kappa shape index (κ2) is 9.50. The van der Waals surface area contributed by atoms with E-state index in [0.29, 0.717) is 17.3 Å². The second-order valence-electron chi connectivity index (χ2n) is 6.58. The highest BCUT2D eigenvalue weighted by atomic mass is 16.5. The molecule has 156 valence electrons. The topological polar surface area (TPSA) is 128 Å². The third-order valence-corrected chi connectivity index (χ3v) is 4.03. The van der Waals surface area contributed by atoms with Crippen molar-refractivity contribution in [1.29, 1.82) is 0 Å². The Morgan fingerprint density at radius 1 is 1.20 bits per heavy atom. The molecule has 0 spiro atoms. The van der Waals surface area contributed by atoms with Crippen molar-refractivity contribution in [1.82, 2.24) is 25.4 Å². The summed E-state index contributed by atoms with van der Waals surface area (Å²) in [5, 5.41) is 8.77. The molecule has 30 heavy (non-hydrogen) atoms. The maximum atomic E-state index is 12.5. The van der Waals surface area contributed by atoms with E-state index in [1.165, 1.54) is 12.5 Å². The number of imide groups is 1. The van der Waals surface area contributed by atoms with Crippen molar-refractivity contribution in [2.24, 2.45) is 0 Å². The fourth-order valence-electron chi connectivity index (χ4n) is 2.73. The first kappa shape index (κ1) is 20.8. The van der Waals surface area contributed by atoms with Gasteiger partial charge in [0.15, 0.2) is 12.4 Å². The summed E-state index contributed by atoms with van der Waals surface area (Å²) in [5.74, 6) is -0.435. The number of nitrogens with one attached hydrogen (secondary N) is 2. The maximum absolute atomic E-state index is 12.5. The Morgan fingerprint density at radius 3 is 2.70 bits per heavy atom. The van der Waals surface area contributed by atoms with E-state index in [1.54, 1.807) is 35.1 Å². The number of pyridine rings is 1. The predicted octanol–water partition coefficient (Wildman–Crippen LogP) is 2.17. The fourth-order valence-corrected chi connectivity index (χ4v) is 2.73. The Hall–Kier alpha value is -3.95. The zero-order valence-electron chi connectivity index (χ0n) is 16.5. The van der Waals surface area contributed by atoms with Crippen LogP contribution in [-0.4, -0.2) is 39.3 Å². The highest BCUT2D eigenvalue weighted by molar-refractivity contribution is 5.97. The van der Waals surface area contributed by atoms with Gasteiger partial charge in [-0.2, -0.15) is 5.10 Å². The lowest BCUT2D eigenvalue weighted by Crippen LogP contribution is -2.41. The molecule has 0 saturated carbocycles. The standard InChI is InChI=1S/C20H21N5O5/c1-13(2)18-15(11-23-25(18)16-7-3-4-8-21-16)19(27)30-12-17(26)24-20(28)22-10-14-6-5-9-29-14/h3-9,11,13H,10,12H2,1-2H3,(H2,22,24,26,28). The van der Waals surface area contributed by atoms with Crippen LogP contribution in [-0.2, 0) is 16.1 Å². The number of carbonyl (C=O) groups is 3. The van der Waals surface area contributed by atoms with Crippen LogP contribution in [0.15, 0.2) is 53.4 Å². The van der Waals surface area contributed by atoms with Crippen molar-refractivity contribution >= 4 is 17.9 Å². The molecule has 2 N–H and O–H groups in total. The Labute approximate surface area is 172 Å². The number of furan rings is 1. The Morgan fingerprint density at radius 2 is 2.03 bits per heavy atom. The summed E-state index contributed by atoms with van der Waals surface area (Å²) in [6.45, 7) is 3.32. The largest absolute Gasteiger partial charge is 0.467 e. The van der Waals surface area contributed by atoms with Crippen LogP contribution in [0.5, 0.6) is 0 Å². The van der Waals surface area contributed by atoms with Crippen molar-refractivity contribution in [3.05, 3.63) is 66.0 Å². The summed E-state index contributed by atoms with van der Waals surface area (Å²) < 4.78 is 11.7. The minimum absolute atomic E-state index is 0.0572. The molecule has 0 aromatic carbocycles. The maximum Gasteiger partial charge on any atom is 0.342 e. The molecule has 3 amide bonds. The number of aromatic nitrogens is 3. The molecule has 0 atom stereocenters. The van der Waals surface area contributed by atoms with Gasteiger partial charge in [0.05, 0.1) is 24.7 Å². The Kier molecular flexibility index (Phi) is 6.58. The van der Waals surface area contributed by atoms with Crippen LogP contribution in [0.4, 0.5) is 4.79 Å². The van der Waals surface area contributed by atoms with Crippen LogP contribution >= 0.6 is 0 Å². The van der Waals surface area contributed by atoms with E-state index in [-0.39, 0.29) is 18.0 Å². The van der Waals surface area contributed by atoms with Gasteiger partial charge in [0.1, 0.15) is 11.3 Å². The molecule has 0 aliphatic carbocycles. The van der Waals surface area contributed by atoms with Crippen LogP contribution in [0, 0.1) is 0 Å². The first-order valence-electron chi connectivity index (χ1n) is 9.22. The Bertz CT molecular complexity index is 1010. The average Bonchev–Trinajstić information content (AvgIpc) is 3.41. The SMILES string of the molecule is CC(C)c1c(C(=O)OCC(=O)NC(=O)NCc2ccco2)cnn1-c1ccccn1. The lowest BCUT2D eigenvalue weighted by Gasteiger charge is -2.12. The normalized spacial score (nSPS) is 10.6. The van der Waals surface area contributed by atoms with Crippen molar-refractivity contribution < 1.29 is 23.5 Å². The van der Waals surface area contributed by atoms with Crippen molar-refractivity contribution in [2.45, 2.75) is 26.3 Å². The molecule has 10 nitrogen and oxygen atoms in total. The monoisotopic (exact) mass is 411 g/mol. The lowest BCUT2D eigenvalue weighted by molar-refractivity contribution is -0.123. The fraction of sp³-hybridized carbons (Fsp3) is 0.250. The number of carbonyl (C=O) groups excluding carboxylic acids is 3. The van der Waals surface area contributed by atoms with E-state index in [1.807, 2.05) is 19.9 Å². The van der Waals surface area contributed by atoms with Crippen LogP contribution < -0.4 is 10.6 Å². The molecule has 3 rings (SSSR count). The van der Waals surface area contributed by atoms with Crippen LogP contribution in [0.3, 0.4) is 0 Å². The summed E-state index contributed by atoms with van der Waals surface area (Å²) in [7, 11) is 0. The van der Waals surface area contributed by atoms with Gasteiger partial charge in [0.25, 0.3) is 5.91 Å². The van der Waals surface area contributed by atoms with Gasteiger partial charge in [0.2, 0.25) is 0 Å². The molecular weight excluding hydrogens is 390 g/mol. The van der Waals surface area contributed by atoms with Gasteiger partial charge in [-0.15, -0.1) is 0 Å². The first-order chi connectivity index (χ1) is 14.5. The molecular formula is C20H21N5O5. The Balaban J connectivity index is 1.57. The van der Waals surface area contributed by atoms with Crippen LogP contribution in [0.25, 0.3) is 5.82 Å². The number of nitrogens with zero attached hydrogens (tertiary/aromatic N) is 3. The smallest absolute Gasteiger partial charge is 0.342 e. The minimum Gasteiger partial charge on any atom is -0.467 e. The van der Waals surface area contributed by atoms with E-state index in [9.17, 15) is 14.4 Å². The van der Waals surface area contributed by atoms with Crippen molar-refractivity contribution in [3.63, 3.8) is 0 Å². The van der Waals surface area contributed by atoms with Crippen molar-refractivity contribution in [3.8, 4) is 5.82 Å². The van der Waals surface area contributed by atoms with E-state index >= 15 is 0 Å². The van der Waals surface area contributed by atoms with E-state index in [2.05, 4.69) is 20.7 Å². The molecule has 3 aromatic heterocycles. The summed E-state index contributed by atoms with van der Waals surface area (Å²) in [6, 6.07) is 8.00. The molecule has 0 radical (unpaired) electrons. The highest BCUT2D eigenvalue weighted by Gasteiger charge is 2.23. The molecule has 0 aliphatic rings. The third kappa shape index (κ3) is 5.10. The summed E-state index contributed by atoms with van der Waals surface area (Å²) in [4.78, 5) is 40.4. The first-order valence-corrected chi connectivity index (χ1v) is 9.22. The molecule has 0 aliphatic heterocycles. The van der Waals surface area contributed by atoms with Gasteiger partial charge in [-0.1, -0.05) is 19.9 Å². The van der Waals surface area contributed by atoms with Crippen LogP contribution in [0.1, 0.15) is 41.6 Å². The minimum atomic E-state index is -0.761. The van der Waals surface area contributed by atoms with E-state index in [4.69, 9.17) is 9.15 Å². The number of urea groups is 1. The zero-order valence-corrected chi connectivity index (χ0v) is 16.5. The summed E-state index contributed by atoms with van der Waals surface area (Å²) in [5.41, 5.74) is 0.834. The second-order valence-corrected chi connectivity index (χ2v) is 6.58. The number of rotatable bonds is 7. The molecule has 3 aromatic rings. The summed E-state index contributed by atoms with van der Waals surface area (Å²) >= 11 is 0. The highest BCUT2D eigenvalue weighted by Crippen LogP contribution is 2.22.